The molecular formula is C18H16N2O4. The summed E-state index contributed by atoms with van der Waals surface area (Å²) in [7, 11) is 2.98. The molecule has 1 aliphatic rings. The fourth-order valence-electron chi connectivity index (χ4n) is 2.67. The SMILES string of the molecule is COc1cccc(CC(=O)Nc2cccc3c2C(=O)N(C)C3=O)c1. The Morgan fingerprint density at radius 3 is 2.62 bits per heavy atom. The number of anilines is 1. The van der Waals surface area contributed by atoms with Gasteiger partial charge in [-0.15, -0.1) is 0 Å². The quantitative estimate of drug-likeness (QED) is 0.874. The largest absolute Gasteiger partial charge is 0.497 e. The third-order valence-corrected chi connectivity index (χ3v) is 3.89. The Kier molecular flexibility index (Phi) is 4.04. The number of amides is 3. The Bertz CT molecular complexity index is 845. The molecule has 1 heterocycles. The van der Waals surface area contributed by atoms with Gasteiger partial charge in [0.25, 0.3) is 11.8 Å². The van der Waals surface area contributed by atoms with Crippen molar-refractivity contribution in [3.8, 4) is 5.75 Å². The standard InChI is InChI=1S/C18H16N2O4/c1-20-17(22)13-7-4-8-14(16(13)18(20)23)19-15(21)10-11-5-3-6-12(9-11)24-2/h3-9H,10H2,1-2H3,(H,19,21). The van der Waals surface area contributed by atoms with Crippen LogP contribution >= 0.6 is 0 Å². The van der Waals surface area contributed by atoms with Crippen molar-refractivity contribution >= 4 is 23.4 Å². The Morgan fingerprint density at radius 2 is 1.88 bits per heavy atom. The summed E-state index contributed by atoms with van der Waals surface area (Å²) in [5.41, 5.74) is 1.69. The van der Waals surface area contributed by atoms with Gasteiger partial charge >= 0.3 is 0 Å². The topological polar surface area (TPSA) is 75.7 Å². The molecule has 3 rings (SSSR count). The highest BCUT2D eigenvalue weighted by Gasteiger charge is 2.35. The molecule has 0 aliphatic carbocycles. The van der Waals surface area contributed by atoms with E-state index in [0.717, 1.165) is 10.5 Å². The first-order valence-electron chi connectivity index (χ1n) is 7.39. The molecule has 1 aliphatic heterocycles. The summed E-state index contributed by atoms with van der Waals surface area (Å²) >= 11 is 0. The van der Waals surface area contributed by atoms with Crippen molar-refractivity contribution in [2.24, 2.45) is 0 Å². The Labute approximate surface area is 139 Å². The summed E-state index contributed by atoms with van der Waals surface area (Å²) in [5, 5.41) is 2.72. The predicted octanol–water partition coefficient (Wildman–Crippen LogP) is 2.10. The molecule has 3 amide bonds. The number of ether oxygens (including phenoxy) is 1. The zero-order valence-electron chi connectivity index (χ0n) is 13.3. The smallest absolute Gasteiger partial charge is 0.263 e. The van der Waals surface area contributed by atoms with E-state index in [4.69, 9.17) is 4.74 Å². The Morgan fingerprint density at radius 1 is 1.12 bits per heavy atom. The highest BCUT2D eigenvalue weighted by atomic mass is 16.5. The van der Waals surface area contributed by atoms with E-state index in [0.29, 0.717) is 17.0 Å². The van der Waals surface area contributed by atoms with Crippen LogP contribution in [0.4, 0.5) is 5.69 Å². The van der Waals surface area contributed by atoms with Crippen LogP contribution in [0.15, 0.2) is 42.5 Å². The molecule has 0 atom stereocenters. The first kappa shape index (κ1) is 15.7. The van der Waals surface area contributed by atoms with Crippen LogP contribution < -0.4 is 10.1 Å². The number of rotatable bonds is 4. The van der Waals surface area contributed by atoms with Crippen LogP contribution in [0.1, 0.15) is 26.3 Å². The summed E-state index contributed by atoms with van der Waals surface area (Å²) < 4.78 is 5.13. The first-order chi connectivity index (χ1) is 11.5. The number of benzene rings is 2. The number of hydrogen-bond acceptors (Lipinski definition) is 4. The predicted molar refractivity (Wildman–Crippen MR) is 88.2 cm³/mol. The summed E-state index contributed by atoms with van der Waals surface area (Å²) in [4.78, 5) is 37.5. The van der Waals surface area contributed by atoms with Crippen LogP contribution in [0.25, 0.3) is 0 Å². The van der Waals surface area contributed by atoms with Gasteiger partial charge in [0.15, 0.2) is 0 Å². The minimum absolute atomic E-state index is 0.138. The number of imide groups is 1. The van der Waals surface area contributed by atoms with Crippen molar-refractivity contribution in [2.75, 3.05) is 19.5 Å². The van der Waals surface area contributed by atoms with Gasteiger partial charge in [0.05, 0.1) is 30.3 Å². The summed E-state index contributed by atoms with van der Waals surface area (Å²) in [6, 6.07) is 12.0. The van der Waals surface area contributed by atoms with E-state index in [1.807, 2.05) is 6.07 Å². The van der Waals surface area contributed by atoms with Crippen LogP contribution in [0, 0.1) is 0 Å². The zero-order chi connectivity index (χ0) is 17.3. The maximum atomic E-state index is 12.3. The van der Waals surface area contributed by atoms with E-state index in [1.165, 1.54) is 7.05 Å². The number of nitrogens with zero attached hydrogens (tertiary/aromatic N) is 1. The number of nitrogens with one attached hydrogen (secondary N) is 1. The molecule has 0 saturated carbocycles. The maximum absolute atomic E-state index is 12.3. The van der Waals surface area contributed by atoms with Gasteiger partial charge in [-0.3, -0.25) is 19.3 Å². The van der Waals surface area contributed by atoms with Gasteiger partial charge in [-0.25, -0.2) is 0 Å². The number of methoxy groups -OCH3 is 1. The van der Waals surface area contributed by atoms with Crippen LogP contribution in [-0.4, -0.2) is 36.8 Å². The van der Waals surface area contributed by atoms with Crippen molar-refractivity contribution in [1.82, 2.24) is 4.90 Å². The Hall–Kier alpha value is -3.15. The molecule has 0 radical (unpaired) electrons. The lowest BCUT2D eigenvalue weighted by molar-refractivity contribution is -0.115. The molecule has 0 aromatic heterocycles. The minimum Gasteiger partial charge on any atom is -0.497 e. The van der Waals surface area contributed by atoms with Gasteiger partial charge in [0.1, 0.15) is 5.75 Å². The van der Waals surface area contributed by atoms with Crippen molar-refractivity contribution < 1.29 is 19.1 Å². The fourth-order valence-corrected chi connectivity index (χ4v) is 2.67. The molecule has 0 bridgehead atoms. The zero-order valence-corrected chi connectivity index (χ0v) is 13.3. The second-order valence-corrected chi connectivity index (χ2v) is 5.47. The van der Waals surface area contributed by atoms with E-state index < -0.39 is 5.91 Å². The van der Waals surface area contributed by atoms with Crippen molar-refractivity contribution in [2.45, 2.75) is 6.42 Å². The normalized spacial score (nSPS) is 13.0. The molecule has 6 heteroatoms. The average molecular weight is 324 g/mol. The monoisotopic (exact) mass is 324 g/mol. The molecule has 2 aromatic carbocycles. The van der Waals surface area contributed by atoms with Gasteiger partial charge in [-0.2, -0.15) is 0 Å². The summed E-state index contributed by atoms with van der Waals surface area (Å²) in [6.45, 7) is 0. The fraction of sp³-hybridized carbons (Fsp3) is 0.167. The van der Waals surface area contributed by atoms with Crippen LogP contribution in [0.3, 0.4) is 0 Å². The maximum Gasteiger partial charge on any atom is 0.263 e. The highest BCUT2D eigenvalue weighted by Crippen LogP contribution is 2.28. The van der Waals surface area contributed by atoms with Gasteiger partial charge in [-0.05, 0) is 29.8 Å². The van der Waals surface area contributed by atoms with Crippen LogP contribution in [0.5, 0.6) is 5.75 Å². The molecule has 0 saturated heterocycles. The number of carbonyl (C=O) groups excluding carboxylic acids is 3. The van der Waals surface area contributed by atoms with Crippen LogP contribution in [-0.2, 0) is 11.2 Å². The third-order valence-electron chi connectivity index (χ3n) is 3.89. The van der Waals surface area contributed by atoms with E-state index in [2.05, 4.69) is 5.32 Å². The number of carbonyl (C=O) groups is 3. The molecule has 0 fully saturated rings. The Balaban J connectivity index is 1.81. The molecule has 122 valence electrons. The van der Waals surface area contributed by atoms with E-state index in [9.17, 15) is 14.4 Å². The van der Waals surface area contributed by atoms with E-state index in [-0.39, 0.29) is 23.8 Å². The first-order valence-corrected chi connectivity index (χ1v) is 7.39. The number of hydrogen-bond donors (Lipinski definition) is 1. The molecular weight excluding hydrogens is 308 g/mol. The molecule has 24 heavy (non-hydrogen) atoms. The van der Waals surface area contributed by atoms with Gasteiger partial charge in [0, 0.05) is 7.05 Å². The lowest BCUT2D eigenvalue weighted by Crippen LogP contribution is -2.24. The average Bonchev–Trinajstić information content (AvgIpc) is 2.80. The summed E-state index contributed by atoms with van der Waals surface area (Å²) in [6.07, 6.45) is 0.138. The third kappa shape index (κ3) is 2.74. The molecule has 2 aromatic rings. The molecule has 0 spiro atoms. The van der Waals surface area contributed by atoms with Crippen molar-refractivity contribution in [3.05, 3.63) is 59.2 Å². The highest BCUT2D eigenvalue weighted by molar-refractivity contribution is 6.24. The van der Waals surface area contributed by atoms with E-state index in [1.54, 1.807) is 43.5 Å². The van der Waals surface area contributed by atoms with Gasteiger partial charge < -0.3 is 10.1 Å². The van der Waals surface area contributed by atoms with Gasteiger partial charge in [0.2, 0.25) is 5.91 Å². The number of fused-ring (bicyclic) bond motifs is 1. The second-order valence-electron chi connectivity index (χ2n) is 5.47. The molecule has 6 nitrogen and oxygen atoms in total. The van der Waals surface area contributed by atoms with Crippen molar-refractivity contribution in [3.63, 3.8) is 0 Å². The van der Waals surface area contributed by atoms with E-state index >= 15 is 0 Å². The minimum atomic E-state index is -0.410. The summed E-state index contributed by atoms with van der Waals surface area (Å²) in [5.74, 6) is -0.374. The van der Waals surface area contributed by atoms with Gasteiger partial charge in [-0.1, -0.05) is 18.2 Å². The van der Waals surface area contributed by atoms with Crippen LogP contribution in [0.2, 0.25) is 0 Å². The lowest BCUT2D eigenvalue weighted by Gasteiger charge is -2.09. The van der Waals surface area contributed by atoms with Crippen molar-refractivity contribution in [1.29, 1.82) is 0 Å². The molecule has 1 N–H and O–H groups in total. The second kappa shape index (κ2) is 6.16. The molecule has 0 unspecified atom stereocenters. The lowest BCUT2D eigenvalue weighted by atomic mass is 10.1.